The van der Waals surface area contributed by atoms with Crippen molar-refractivity contribution in [1.82, 2.24) is 20.4 Å². The van der Waals surface area contributed by atoms with Gasteiger partial charge in [-0.2, -0.15) is 0 Å². The van der Waals surface area contributed by atoms with Crippen LogP contribution < -0.4 is 10.6 Å². The van der Waals surface area contributed by atoms with Crippen LogP contribution in [0.3, 0.4) is 0 Å². The summed E-state index contributed by atoms with van der Waals surface area (Å²) in [6.45, 7) is 7.94. The van der Waals surface area contributed by atoms with Gasteiger partial charge in [-0.1, -0.05) is 23.7 Å². The van der Waals surface area contributed by atoms with Crippen LogP contribution in [-0.2, 0) is 16.1 Å². The van der Waals surface area contributed by atoms with E-state index in [1.54, 1.807) is 7.05 Å². The molecule has 0 spiro atoms. The number of benzene rings is 1. The molecule has 2 N–H and O–H groups in total. The molecule has 1 heterocycles. The average Bonchev–Trinajstić information content (AvgIpc) is 2.58. The lowest BCUT2D eigenvalue weighted by Gasteiger charge is -2.36. The first-order chi connectivity index (χ1) is 12.7. The molecule has 1 saturated heterocycles. The molecule has 1 aromatic carbocycles. The highest BCUT2D eigenvalue weighted by atomic mass is 127. The number of hydrogen-bond acceptors (Lipinski definition) is 3. The molecule has 2 amide bonds. The molecule has 7 nitrogen and oxygen atoms in total. The summed E-state index contributed by atoms with van der Waals surface area (Å²) in [6, 6.07) is 7.50. The summed E-state index contributed by atoms with van der Waals surface area (Å²) in [5.74, 6) is 0.466. The predicted molar refractivity (Wildman–Crippen MR) is 123 cm³/mol. The number of halogens is 2. The summed E-state index contributed by atoms with van der Waals surface area (Å²) in [5.41, 5.74) is 0.758. The predicted octanol–water partition coefficient (Wildman–Crippen LogP) is 2.09. The lowest BCUT2D eigenvalue weighted by molar-refractivity contribution is -0.135. The lowest BCUT2D eigenvalue weighted by atomic mass is 10.1. The van der Waals surface area contributed by atoms with Crippen LogP contribution in [0.2, 0.25) is 5.02 Å². The van der Waals surface area contributed by atoms with Crippen molar-refractivity contribution in [3.05, 3.63) is 34.9 Å². The van der Waals surface area contributed by atoms with E-state index in [1.807, 2.05) is 54.8 Å². The summed E-state index contributed by atoms with van der Waals surface area (Å²) in [5, 5.41) is 6.60. The van der Waals surface area contributed by atoms with Crippen LogP contribution >= 0.6 is 35.6 Å². The molecule has 0 aromatic heterocycles. The van der Waals surface area contributed by atoms with Crippen LogP contribution in [0.5, 0.6) is 0 Å². The summed E-state index contributed by atoms with van der Waals surface area (Å²) in [6.07, 6.45) is 0. The monoisotopic (exact) mass is 521 g/mol. The maximum atomic E-state index is 12.5. The van der Waals surface area contributed by atoms with Crippen molar-refractivity contribution in [2.24, 2.45) is 4.99 Å². The number of hydrogen-bond donors (Lipinski definition) is 2. The number of piperazine rings is 1. The van der Waals surface area contributed by atoms with Gasteiger partial charge >= 0.3 is 0 Å². The minimum atomic E-state index is -0.286. The molecule has 0 atom stereocenters. The molecule has 1 aliphatic heterocycles. The van der Waals surface area contributed by atoms with Crippen LogP contribution in [0.1, 0.15) is 26.3 Å². The number of carbonyl (C=O) groups is 2. The number of carbonyl (C=O) groups excluding carboxylic acids is 2. The molecule has 0 aliphatic carbocycles. The van der Waals surface area contributed by atoms with Crippen molar-refractivity contribution in [3.8, 4) is 0 Å². The average molecular weight is 522 g/mol. The first-order valence-electron chi connectivity index (χ1n) is 8.97. The second kappa shape index (κ2) is 10.8. The standard InChI is InChI=1S/C19H28ClN5O2.HI/c1-19(2,3)23-16(26)11-22-18(21-4)25-10-9-24(17(27)13-25)12-14-5-7-15(20)8-6-14;/h5-8H,9-13H2,1-4H3,(H,21,22)(H,23,26);1H. The third kappa shape index (κ3) is 7.83. The zero-order valence-corrected chi connectivity index (χ0v) is 19.9. The second-order valence-corrected chi connectivity index (χ2v) is 8.00. The van der Waals surface area contributed by atoms with Crippen molar-refractivity contribution >= 4 is 53.4 Å². The number of guanidine groups is 1. The minimum Gasteiger partial charge on any atom is -0.350 e. The zero-order chi connectivity index (χ0) is 20.0. The lowest BCUT2D eigenvalue weighted by Crippen LogP contribution is -2.56. The quantitative estimate of drug-likeness (QED) is 0.361. The molecule has 1 aromatic rings. The third-order valence-electron chi connectivity index (χ3n) is 4.04. The van der Waals surface area contributed by atoms with Crippen LogP contribution in [0, 0.1) is 0 Å². The fraction of sp³-hybridized carbons (Fsp3) is 0.526. The van der Waals surface area contributed by atoms with E-state index in [0.717, 1.165) is 5.56 Å². The van der Waals surface area contributed by atoms with Crippen LogP contribution in [0.25, 0.3) is 0 Å². The Bertz CT molecular complexity index is 703. The molecule has 1 aliphatic rings. The molecular weight excluding hydrogens is 493 g/mol. The van der Waals surface area contributed by atoms with Gasteiger partial charge in [0.1, 0.15) is 0 Å². The van der Waals surface area contributed by atoms with E-state index in [2.05, 4.69) is 15.6 Å². The molecule has 0 unspecified atom stereocenters. The number of aliphatic imine (C=N–C) groups is 1. The highest BCUT2D eigenvalue weighted by Gasteiger charge is 2.26. The molecule has 9 heteroatoms. The molecule has 0 radical (unpaired) electrons. The summed E-state index contributed by atoms with van der Waals surface area (Å²) in [4.78, 5) is 32.4. The largest absolute Gasteiger partial charge is 0.350 e. The van der Waals surface area contributed by atoms with Gasteiger partial charge in [0.15, 0.2) is 5.96 Å². The van der Waals surface area contributed by atoms with Gasteiger partial charge in [0.25, 0.3) is 0 Å². The smallest absolute Gasteiger partial charge is 0.242 e. The van der Waals surface area contributed by atoms with E-state index < -0.39 is 0 Å². The van der Waals surface area contributed by atoms with Crippen molar-refractivity contribution < 1.29 is 9.59 Å². The van der Waals surface area contributed by atoms with Gasteiger partial charge in [-0.3, -0.25) is 14.6 Å². The van der Waals surface area contributed by atoms with Crippen molar-refractivity contribution in [2.45, 2.75) is 32.9 Å². The molecular formula is C19H29ClIN5O2. The van der Waals surface area contributed by atoms with Crippen molar-refractivity contribution in [3.63, 3.8) is 0 Å². The van der Waals surface area contributed by atoms with E-state index >= 15 is 0 Å². The zero-order valence-electron chi connectivity index (χ0n) is 16.8. The number of amides is 2. The summed E-state index contributed by atoms with van der Waals surface area (Å²) in [7, 11) is 1.65. The maximum Gasteiger partial charge on any atom is 0.242 e. The highest BCUT2D eigenvalue weighted by Crippen LogP contribution is 2.13. The Hall–Kier alpha value is -1.55. The highest BCUT2D eigenvalue weighted by molar-refractivity contribution is 14.0. The molecule has 156 valence electrons. The molecule has 28 heavy (non-hydrogen) atoms. The normalized spacial score (nSPS) is 15.2. The van der Waals surface area contributed by atoms with Crippen LogP contribution in [0.15, 0.2) is 29.3 Å². The Labute approximate surface area is 188 Å². The number of nitrogens with one attached hydrogen (secondary N) is 2. The first kappa shape index (κ1) is 24.5. The van der Waals surface area contributed by atoms with Gasteiger partial charge in [-0.25, -0.2) is 0 Å². The Morgan fingerprint density at radius 2 is 1.86 bits per heavy atom. The van der Waals surface area contributed by atoms with Crippen molar-refractivity contribution in [1.29, 1.82) is 0 Å². The summed E-state index contributed by atoms with van der Waals surface area (Å²) < 4.78 is 0. The fourth-order valence-electron chi connectivity index (χ4n) is 2.82. The molecule has 2 rings (SSSR count). The first-order valence-corrected chi connectivity index (χ1v) is 9.34. The van der Waals surface area contributed by atoms with E-state index in [0.29, 0.717) is 30.6 Å². The number of rotatable bonds is 4. The molecule has 1 fully saturated rings. The number of nitrogens with zero attached hydrogens (tertiary/aromatic N) is 3. The van der Waals surface area contributed by atoms with E-state index in [9.17, 15) is 9.59 Å². The second-order valence-electron chi connectivity index (χ2n) is 7.56. The van der Waals surface area contributed by atoms with Gasteiger partial charge in [-0.05, 0) is 38.5 Å². The molecule has 0 bridgehead atoms. The Balaban J connectivity index is 0.00000392. The fourth-order valence-corrected chi connectivity index (χ4v) is 2.95. The topological polar surface area (TPSA) is 77.0 Å². The van der Waals surface area contributed by atoms with Crippen molar-refractivity contribution in [2.75, 3.05) is 33.2 Å². The van der Waals surface area contributed by atoms with Gasteiger partial charge in [0, 0.05) is 37.2 Å². The van der Waals surface area contributed by atoms with E-state index in [4.69, 9.17) is 11.6 Å². The Morgan fingerprint density at radius 1 is 1.21 bits per heavy atom. The van der Waals surface area contributed by atoms with Crippen LogP contribution in [-0.4, -0.2) is 66.3 Å². The Morgan fingerprint density at radius 3 is 2.39 bits per heavy atom. The van der Waals surface area contributed by atoms with Gasteiger partial charge in [-0.15, -0.1) is 24.0 Å². The third-order valence-corrected chi connectivity index (χ3v) is 4.29. The van der Waals surface area contributed by atoms with Gasteiger partial charge in [0.2, 0.25) is 11.8 Å². The SMILES string of the molecule is CN=C(NCC(=O)NC(C)(C)C)N1CCN(Cc2ccc(Cl)cc2)C(=O)C1.I. The van der Waals surface area contributed by atoms with E-state index in [1.165, 1.54) is 0 Å². The van der Waals surface area contributed by atoms with Gasteiger partial charge in [0.05, 0.1) is 13.1 Å². The minimum absolute atomic E-state index is 0. The summed E-state index contributed by atoms with van der Waals surface area (Å²) >= 11 is 5.90. The molecule has 0 saturated carbocycles. The Kier molecular flexibility index (Phi) is 9.49. The van der Waals surface area contributed by atoms with Gasteiger partial charge < -0.3 is 20.4 Å². The van der Waals surface area contributed by atoms with Crippen LogP contribution in [0.4, 0.5) is 0 Å². The van der Waals surface area contributed by atoms with E-state index in [-0.39, 0.29) is 54.4 Å². The maximum absolute atomic E-state index is 12.5.